The van der Waals surface area contributed by atoms with E-state index in [1.807, 2.05) is 60.7 Å². The molecule has 24 heavy (non-hydrogen) atoms. The van der Waals surface area contributed by atoms with Gasteiger partial charge in [0.05, 0.1) is 0 Å². The molecule has 2 aromatic rings. The van der Waals surface area contributed by atoms with Crippen LogP contribution in [-0.2, 0) is 22.4 Å². The van der Waals surface area contributed by atoms with Crippen molar-refractivity contribution in [2.75, 3.05) is 0 Å². The molecule has 2 rings (SSSR count). The van der Waals surface area contributed by atoms with E-state index in [0.29, 0.717) is 12.8 Å². The van der Waals surface area contributed by atoms with Crippen molar-refractivity contribution in [1.82, 2.24) is 4.90 Å². The van der Waals surface area contributed by atoms with Gasteiger partial charge in [0.25, 0.3) is 0 Å². The number of nitrogens with two attached hydrogens (primary N) is 1. The van der Waals surface area contributed by atoms with Gasteiger partial charge in [-0.1, -0.05) is 60.7 Å². The molecule has 0 aliphatic rings. The largest absolute Gasteiger partial charge is 0.369 e. The lowest BCUT2D eigenvalue weighted by atomic mass is 10.1. The molecular formula is C19H21N3O2. The van der Waals surface area contributed by atoms with E-state index in [1.165, 1.54) is 0 Å². The van der Waals surface area contributed by atoms with E-state index < -0.39 is 17.8 Å². The minimum absolute atomic E-state index is 0.140. The van der Waals surface area contributed by atoms with Crippen LogP contribution in [0.5, 0.6) is 0 Å². The van der Waals surface area contributed by atoms with Gasteiger partial charge in [-0.3, -0.25) is 15.0 Å². The lowest BCUT2D eigenvalue weighted by Crippen LogP contribution is -2.45. The Labute approximate surface area is 141 Å². The fourth-order valence-corrected chi connectivity index (χ4v) is 2.42. The summed E-state index contributed by atoms with van der Waals surface area (Å²) in [5.74, 6) is -1.40. The van der Waals surface area contributed by atoms with Gasteiger partial charge in [0.15, 0.2) is 0 Å². The number of rotatable bonds is 6. The molecule has 0 bridgehead atoms. The van der Waals surface area contributed by atoms with Gasteiger partial charge in [0.1, 0.15) is 0 Å². The van der Waals surface area contributed by atoms with Gasteiger partial charge in [-0.15, -0.1) is 0 Å². The fraction of sp³-hybridized carbons (Fsp3) is 0.211. The average Bonchev–Trinajstić information content (AvgIpc) is 2.60. The van der Waals surface area contributed by atoms with Gasteiger partial charge in [0.2, 0.25) is 17.8 Å². The lowest BCUT2D eigenvalue weighted by molar-refractivity contribution is -0.139. The maximum atomic E-state index is 12.3. The highest BCUT2D eigenvalue weighted by atomic mass is 16.2. The molecule has 0 unspecified atom stereocenters. The quantitative estimate of drug-likeness (QED) is 0.632. The molecule has 0 spiro atoms. The Bertz CT molecular complexity index is 644. The maximum Gasteiger partial charge on any atom is 0.236 e. The topological polar surface area (TPSA) is 87.2 Å². The molecule has 5 nitrogen and oxygen atoms in total. The highest BCUT2D eigenvalue weighted by Crippen LogP contribution is 2.08. The monoisotopic (exact) mass is 323 g/mol. The molecule has 3 N–H and O–H groups in total. The summed E-state index contributed by atoms with van der Waals surface area (Å²) in [5.41, 5.74) is 7.46. The van der Waals surface area contributed by atoms with Crippen molar-refractivity contribution in [2.45, 2.75) is 25.7 Å². The summed E-state index contributed by atoms with van der Waals surface area (Å²) in [5, 5.41) is 7.54. The van der Waals surface area contributed by atoms with Crippen molar-refractivity contribution >= 4 is 17.8 Å². The molecule has 0 heterocycles. The van der Waals surface area contributed by atoms with Crippen LogP contribution in [0.2, 0.25) is 0 Å². The number of carbonyl (C=O) groups excluding carboxylic acids is 2. The fourth-order valence-electron chi connectivity index (χ4n) is 2.42. The first-order valence-corrected chi connectivity index (χ1v) is 7.85. The Balaban J connectivity index is 1.93. The van der Waals surface area contributed by atoms with E-state index in [-0.39, 0.29) is 12.8 Å². The van der Waals surface area contributed by atoms with Crippen molar-refractivity contribution in [3.05, 3.63) is 71.8 Å². The number of guanidine groups is 1. The third-order valence-electron chi connectivity index (χ3n) is 3.68. The normalized spacial score (nSPS) is 10.2. The molecule has 0 aromatic heterocycles. The van der Waals surface area contributed by atoms with Gasteiger partial charge in [-0.2, -0.15) is 0 Å². The summed E-state index contributed by atoms with van der Waals surface area (Å²) in [7, 11) is 0. The molecule has 0 radical (unpaired) electrons. The van der Waals surface area contributed by atoms with Crippen LogP contribution in [0.15, 0.2) is 60.7 Å². The number of hydrogen-bond acceptors (Lipinski definition) is 3. The number of carbonyl (C=O) groups is 2. The highest BCUT2D eigenvalue weighted by Gasteiger charge is 2.23. The second kappa shape index (κ2) is 8.62. The predicted octanol–water partition coefficient (Wildman–Crippen LogP) is 2.50. The van der Waals surface area contributed by atoms with E-state index in [0.717, 1.165) is 16.0 Å². The first-order valence-electron chi connectivity index (χ1n) is 7.85. The third kappa shape index (κ3) is 5.05. The van der Waals surface area contributed by atoms with Crippen LogP contribution < -0.4 is 5.73 Å². The van der Waals surface area contributed by atoms with Crippen LogP contribution >= 0.6 is 0 Å². The number of amides is 2. The van der Waals surface area contributed by atoms with E-state index in [2.05, 4.69) is 0 Å². The first-order chi connectivity index (χ1) is 11.6. The van der Waals surface area contributed by atoms with Gasteiger partial charge < -0.3 is 5.73 Å². The zero-order chi connectivity index (χ0) is 17.4. The molecular weight excluding hydrogens is 302 g/mol. The Morgan fingerprint density at radius 1 is 0.792 bits per heavy atom. The van der Waals surface area contributed by atoms with Crippen molar-refractivity contribution < 1.29 is 9.59 Å². The van der Waals surface area contributed by atoms with Crippen molar-refractivity contribution in [3.63, 3.8) is 0 Å². The molecule has 124 valence electrons. The zero-order valence-electron chi connectivity index (χ0n) is 13.4. The Morgan fingerprint density at radius 3 is 1.50 bits per heavy atom. The van der Waals surface area contributed by atoms with Crippen LogP contribution in [0.4, 0.5) is 0 Å². The Morgan fingerprint density at radius 2 is 1.17 bits per heavy atom. The van der Waals surface area contributed by atoms with Crippen molar-refractivity contribution in [3.8, 4) is 0 Å². The molecule has 0 aliphatic heterocycles. The number of aryl methyl sites for hydroxylation is 2. The minimum atomic E-state index is -0.522. The van der Waals surface area contributed by atoms with Gasteiger partial charge in [-0.05, 0) is 24.0 Å². The molecule has 0 atom stereocenters. The first kappa shape index (κ1) is 17.4. The molecule has 2 aromatic carbocycles. The second-order valence-electron chi connectivity index (χ2n) is 5.48. The van der Waals surface area contributed by atoms with Crippen LogP contribution in [-0.4, -0.2) is 22.7 Å². The number of imide groups is 1. The standard InChI is InChI=1S/C19H21N3O2/c20-19(21)22(17(23)13-11-15-7-3-1-4-8-15)18(24)14-12-16-9-5-2-6-10-16/h1-10H,11-14H2,(H3,20,21). The average molecular weight is 323 g/mol. The van der Waals surface area contributed by atoms with E-state index in [1.54, 1.807) is 0 Å². The van der Waals surface area contributed by atoms with Crippen LogP contribution in [0, 0.1) is 5.41 Å². The molecule has 5 heteroatoms. The van der Waals surface area contributed by atoms with Crippen LogP contribution in [0.1, 0.15) is 24.0 Å². The SMILES string of the molecule is N=C(N)N(C(=O)CCc1ccccc1)C(=O)CCc1ccccc1. The van der Waals surface area contributed by atoms with E-state index in [4.69, 9.17) is 11.1 Å². The molecule has 2 amide bonds. The predicted molar refractivity (Wildman–Crippen MR) is 93.3 cm³/mol. The van der Waals surface area contributed by atoms with E-state index in [9.17, 15) is 9.59 Å². The van der Waals surface area contributed by atoms with Gasteiger partial charge in [0, 0.05) is 12.8 Å². The van der Waals surface area contributed by atoms with Crippen molar-refractivity contribution in [2.24, 2.45) is 5.73 Å². The Hall–Kier alpha value is -2.95. The summed E-state index contributed by atoms with van der Waals surface area (Å²) in [6, 6.07) is 19.1. The zero-order valence-corrected chi connectivity index (χ0v) is 13.4. The summed E-state index contributed by atoms with van der Waals surface area (Å²) in [6.45, 7) is 0. The smallest absolute Gasteiger partial charge is 0.236 e. The summed E-state index contributed by atoms with van der Waals surface area (Å²) < 4.78 is 0. The number of nitrogens with zero attached hydrogens (tertiary/aromatic N) is 1. The van der Waals surface area contributed by atoms with Crippen LogP contribution in [0.3, 0.4) is 0 Å². The third-order valence-corrected chi connectivity index (χ3v) is 3.68. The number of hydrogen-bond donors (Lipinski definition) is 2. The van der Waals surface area contributed by atoms with Gasteiger partial charge in [-0.25, -0.2) is 4.90 Å². The highest BCUT2D eigenvalue weighted by molar-refractivity contribution is 6.10. The molecule has 0 saturated carbocycles. The summed E-state index contributed by atoms with van der Waals surface area (Å²) >= 11 is 0. The Kier molecular flexibility index (Phi) is 6.25. The van der Waals surface area contributed by atoms with E-state index >= 15 is 0 Å². The lowest BCUT2D eigenvalue weighted by Gasteiger charge is -2.18. The maximum absolute atomic E-state index is 12.3. The van der Waals surface area contributed by atoms with Crippen molar-refractivity contribution in [1.29, 1.82) is 5.41 Å². The number of nitrogens with one attached hydrogen (secondary N) is 1. The molecule has 0 aliphatic carbocycles. The van der Waals surface area contributed by atoms with Gasteiger partial charge >= 0.3 is 0 Å². The molecule has 0 saturated heterocycles. The summed E-state index contributed by atoms with van der Waals surface area (Å²) in [6.07, 6.45) is 1.30. The molecule has 0 fully saturated rings. The number of benzene rings is 2. The minimum Gasteiger partial charge on any atom is -0.369 e. The summed E-state index contributed by atoms with van der Waals surface area (Å²) in [4.78, 5) is 25.4. The second-order valence-corrected chi connectivity index (χ2v) is 5.48. The van der Waals surface area contributed by atoms with Crippen LogP contribution in [0.25, 0.3) is 0 Å².